The standard InChI is InChI=1S/C21H30O3.HOP/c1-13-11-14(2)16(15(3)12-13)18(22)21(9-7-8-10-21)17(19(23)24)20(4,5)6;1-2/h11-12,17H,7-10H2,1-6H3,(H,23,24);2H. The monoisotopic (exact) mass is 378 g/mol. The molecule has 1 atom stereocenters. The molecule has 26 heavy (non-hydrogen) atoms. The summed E-state index contributed by atoms with van der Waals surface area (Å²) in [5, 5.41) is 9.96. The molecule has 0 aromatic heterocycles. The Bertz CT molecular complexity index is 659. The van der Waals surface area contributed by atoms with Crippen molar-refractivity contribution in [2.45, 2.75) is 67.2 Å². The van der Waals surface area contributed by atoms with Gasteiger partial charge in [-0.2, -0.15) is 0 Å². The van der Waals surface area contributed by atoms with Gasteiger partial charge < -0.3 is 5.11 Å². The van der Waals surface area contributed by atoms with Crippen LogP contribution in [0.15, 0.2) is 12.1 Å². The van der Waals surface area contributed by atoms with Crippen LogP contribution in [0.1, 0.15) is 73.5 Å². The van der Waals surface area contributed by atoms with Crippen LogP contribution in [0.3, 0.4) is 0 Å². The molecule has 1 saturated carbocycles. The average Bonchev–Trinajstić information content (AvgIpc) is 2.96. The maximum absolute atomic E-state index is 13.7. The van der Waals surface area contributed by atoms with Gasteiger partial charge in [-0.3, -0.25) is 14.2 Å². The Hall–Kier alpha value is -1.54. The maximum Gasteiger partial charge on any atom is 0.308 e. The van der Waals surface area contributed by atoms with Crippen LogP contribution in [0.2, 0.25) is 0 Å². The van der Waals surface area contributed by atoms with Crippen LogP contribution in [0.4, 0.5) is 0 Å². The first-order valence-electron chi connectivity index (χ1n) is 9.06. The maximum atomic E-state index is 13.7. The van der Waals surface area contributed by atoms with E-state index in [-0.39, 0.29) is 5.78 Å². The SMILES string of the molecule is Cc1cc(C)c(C(=O)C2(C(C(=O)O)C(C)(C)C)CCCC2)c(C)c1.O=P. The quantitative estimate of drug-likeness (QED) is 0.549. The van der Waals surface area contributed by atoms with Gasteiger partial charge in [-0.1, -0.05) is 51.3 Å². The minimum absolute atomic E-state index is 0.0392. The highest BCUT2D eigenvalue weighted by Crippen LogP contribution is 2.53. The topological polar surface area (TPSA) is 71.4 Å². The summed E-state index contributed by atoms with van der Waals surface area (Å²) in [6, 6.07) is 4.05. The first-order valence-corrected chi connectivity index (χ1v) is 9.47. The number of Topliss-reactive ketones (excluding diaryl/α,β-unsaturated/α-hetero) is 1. The number of carboxylic acid groups (broad SMARTS) is 1. The van der Waals surface area contributed by atoms with Gasteiger partial charge in [0.25, 0.3) is 0 Å². The van der Waals surface area contributed by atoms with Gasteiger partial charge >= 0.3 is 5.97 Å². The van der Waals surface area contributed by atoms with E-state index in [9.17, 15) is 14.7 Å². The smallest absolute Gasteiger partial charge is 0.308 e. The van der Waals surface area contributed by atoms with E-state index in [1.165, 1.54) is 0 Å². The van der Waals surface area contributed by atoms with E-state index < -0.39 is 22.7 Å². The van der Waals surface area contributed by atoms with E-state index in [4.69, 9.17) is 4.57 Å². The number of carbonyl (C=O) groups is 2. The van der Waals surface area contributed by atoms with Crippen molar-refractivity contribution >= 4 is 20.9 Å². The van der Waals surface area contributed by atoms with Gasteiger partial charge in [0.1, 0.15) is 9.12 Å². The van der Waals surface area contributed by atoms with E-state index in [2.05, 4.69) is 0 Å². The first-order chi connectivity index (χ1) is 12.0. The van der Waals surface area contributed by atoms with Gasteiger partial charge in [0, 0.05) is 11.0 Å². The molecular formula is C21H31O4P. The third-order valence-electron chi connectivity index (χ3n) is 5.52. The highest BCUT2D eigenvalue weighted by Gasteiger charge is 2.55. The van der Waals surface area contributed by atoms with Crippen LogP contribution in [-0.2, 0) is 9.36 Å². The summed E-state index contributed by atoms with van der Waals surface area (Å²) in [4.78, 5) is 25.8. The summed E-state index contributed by atoms with van der Waals surface area (Å²) in [5.74, 6) is -1.47. The lowest BCUT2D eigenvalue weighted by Gasteiger charge is -2.41. The Morgan fingerprint density at radius 3 is 1.81 bits per heavy atom. The predicted molar refractivity (Wildman–Crippen MR) is 105 cm³/mol. The third-order valence-corrected chi connectivity index (χ3v) is 5.52. The molecule has 0 bridgehead atoms. The number of hydrogen-bond acceptors (Lipinski definition) is 3. The van der Waals surface area contributed by atoms with E-state index in [1.807, 2.05) is 53.7 Å². The van der Waals surface area contributed by atoms with E-state index in [1.54, 1.807) is 9.12 Å². The molecule has 0 amide bonds. The number of hydrogen-bond donors (Lipinski definition) is 1. The molecule has 0 radical (unpaired) electrons. The highest BCUT2D eigenvalue weighted by molar-refractivity contribution is 7.00. The Morgan fingerprint density at radius 1 is 1.04 bits per heavy atom. The fourth-order valence-corrected chi connectivity index (χ4v) is 4.88. The molecule has 1 N–H and O–H groups in total. The van der Waals surface area contributed by atoms with Crippen molar-refractivity contribution in [3.63, 3.8) is 0 Å². The number of carboxylic acids is 1. The third kappa shape index (κ3) is 4.23. The number of ketones is 1. The second kappa shape index (κ2) is 8.43. The molecule has 4 nitrogen and oxygen atoms in total. The van der Waals surface area contributed by atoms with Gasteiger partial charge in [-0.05, 0) is 50.2 Å². The molecule has 0 heterocycles. The highest BCUT2D eigenvalue weighted by atomic mass is 31.0. The largest absolute Gasteiger partial charge is 0.481 e. The van der Waals surface area contributed by atoms with Crippen LogP contribution >= 0.6 is 9.12 Å². The van der Waals surface area contributed by atoms with Gasteiger partial charge in [-0.15, -0.1) is 0 Å². The summed E-state index contributed by atoms with van der Waals surface area (Å²) >= 11 is 0. The minimum Gasteiger partial charge on any atom is -0.481 e. The summed E-state index contributed by atoms with van der Waals surface area (Å²) in [5.41, 5.74) is 2.54. The van der Waals surface area contributed by atoms with Crippen molar-refractivity contribution in [3.8, 4) is 0 Å². The van der Waals surface area contributed by atoms with E-state index in [0.29, 0.717) is 12.8 Å². The molecule has 1 aromatic rings. The Balaban J connectivity index is 0.00000163. The zero-order valence-corrected chi connectivity index (χ0v) is 17.7. The molecule has 1 aliphatic carbocycles. The van der Waals surface area contributed by atoms with Crippen molar-refractivity contribution in [2.75, 3.05) is 0 Å². The molecule has 1 unspecified atom stereocenters. The molecule has 2 rings (SSSR count). The molecular weight excluding hydrogens is 347 g/mol. The number of aryl methyl sites for hydroxylation is 3. The fraction of sp³-hybridized carbons (Fsp3) is 0.619. The Labute approximate surface area is 159 Å². The van der Waals surface area contributed by atoms with Gasteiger partial charge in [0.05, 0.1) is 5.92 Å². The number of rotatable bonds is 4. The molecule has 0 aliphatic heterocycles. The van der Waals surface area contributed by atoms with Gasteiger partial charge in [-0.25, -0.2) is 0 Å². The normalized spacial score (nSPS) is 17.2. The van der Waals surface area contributed by atoms with Gasteiger partial charge in [0.2, 0.25) is 0 Å². The lowest BCUT2D eigenvalue weighted by Crippen LogP contribution is -2.47. The Morgan fingerprint density at radius 2 is 1.46 bits per heavy atom. The van der Waals surface area contributed by atoms with Crippen molar-refractivity contribution in [1.29, 1.82) is 0 Å². The molecule has 0 spiro atoms. The van der Waals surface area contributed by atoms with Crippen molar-refractivity contribution in [3.05, 3.63) is 34.4 Å². The van der Waals surface area contributed by atoms with Crippen molar-refractivity contribution in [2.24, 2.45) is 16.7 Å². The summed E-state index contributed by atoms with van der Waals surface area (Å²) in [7, 11) is 1.72. The zero-order chi connectivity index (χ0) is 20.3. The lowest BCUT2D eigenvalue weighted by molar-refractivity contribution is -0.151. The fourth-order valence-electron chi connectivity index (χ4n) is 4.88. The van der Waals surface area contributed by atoms with Crippen LogP contribution < -0.4 is 0 Å². The predicted octanol–water partition coefficient (Wildman–Crippen LogP) is 5.58. The van der Waals surface area contributed by atoms with Gasteiger partial charge in [0.15, 0.2) is 5.78 Å². The number of carbonyl (C=O) groups excluding carboxylic acids is 1. The second-order valence-corrected chi connectivity index (χ2v) is 8.60. The van der Waals surface area contributed by atoms with Crippen molar-refractivity contribution < 1.29 is 19.3 Å². The molecule has 1 aliphatic rings. The molecule has 0 saturated heterocycles. The molecule has 1 fully saturated rings. The first kappa shape index (κ1) is 22.5. The summed E-state index contributed by atoms with van der Waals surface area (Å²) in [6.07, 6.45) is 3.20. The zero-order valence-electron chi connectivity index (χ0n) is 16.7. The average molecular weight is 378 g/mol. The minimum atomic E-state index is -0.847. The number of aliphatic carboxylic acids is 1. The molecule has 1 aromatic carbocycles. The summed E-state index contributed by atoms with van der Waals surface area (Å²) < 4.78 is 8.06. The van der Waals surface area contributed by atoms with Crippen LogP contribution in [-0.4, -0.2) is 16.9 Å². The van der Waals surface area contributed by atoms with E-state index in [0.717, 1.165) is 35.1 Å². The van der Waals surface area contributed by atoms with Crippen molar-refractivity contribution in [1.82, 2.24) is 0 Å². The summed E-state index contributed by atoms with van der Waals surface area (Å²) in [6.45, 7) is 11.8. The van der Waals surface area contributed by atoms with Crippen LogP contribution in [0.25, 0.3) is 0 Å². The van der Waals surface area contributed by atoms with E-state index >= 15 is 0 Å². The number of benzene rings is 1. The Kier molecular flexibility index (Phi) is 7.30. The molecule has 144 valence electrons. The molecule has 5 heteroatoms. The second-order valence-electron chi connectivity index (χ2n) is 8.60. The van der Waals surface area contributed by atoms with Crippen LogP contribution in [0, 0.1) is 37.5 Å². The lowest BCUT2D eigenvalue weighted by atomic mass is 9.59. The van der Waals surface area contributed by atoms with Crippen LogP contribution in [0.5, 0.6) is 0 Å².